The molecule has 1 aliphatic carbocycles. The number of nitrogens with two attached hydrogens (primary N) is 2. The average Bonchev–Trinajstić information content (AvgIpc) is 3.01. The molecular weight excluding hydrogens is 316 g/mol. The van der Waals surface area contributed by atoms with Crippen molar-refractivity contribution >= 4 is 23.6 Å². The normalized spacial score (nSPS) is 25.9. The van der Waals surface area contributed by atoms with Crippen molar-refractivity contribution in [2.75, 3.05) is 0 Å². The Morgan fingerprint density at radius 3 is 1.96 bits per heavy atom. The molecule has 1 atom stereocenters. The number of carbonyl (C=O) groups is 4. The van der Waals surface area contributed by atoms with Crippen LogP contribution >= 0.6 is 0 Å². The summed E-state index contributed by atoms with van der Waals surface area (Å²) in [4.78, 5) is 49.7. The van der Waals surface area contributed by atoms with Crippen LogP contribution in [0.2, 0.25) is 0 Å². The molecule has 1 saturated carbocycles. The first-order chi connectivity index (χ1) is 11.3. The third-order valence-corrected chi connectivity index (χ3v) is 5.15. The Kier molecular flexibility index (Phi) is 3.92. The van der Waals surface area contributed by atoms with Crippen LogP contribution in [0.15, 0.2) is 11.3 Å². The van der Waals surface area contributed by atoms with Gasteiger partial charge in [-0.2, -0.15) is 0 Å². The van der Waals surface area contributed by atoms with E-state index in [1.165, 1.54) is 0 Å². The maximum atomic E-state index is 12.4. The Morgan fingerprint density at radius 1 is 0.958 bits per heavy atom. The van der Waals surface area contributed by atoms with E-state index in [1.54, 1.807) is 0 Å². The molecule has 0 aromatic carbocycles. The Bertz CT molecular complexity index is 651. The topological polar surface area (TPSA) is 147 Å². The van der Waals surface area contributed by atoms with Gasteiger partial charge in [0.25, 0.3) is 5.91 Å². The lowest BCUT2D eigenvalue weighted by Gasteiger charge is -2.45. The largest absolute Gasteiger partial charge is 0.394 e. The summed E-state index contributed by atoms with van der Waals surface area (Å²) in [7, 11) is 0. The second-order valence-corrected chi connectivity index (χ2v) is 6.49. The summed E-state index contributed by atoms with van der Waals surface area (Å²) in [5.74, 6) is -3.54. The summed E-state index contributed by atoms with van der Waals surface area (Å²) in [6.45, 7) is 0. The van der Waals surface area contributed by atoms with Crippen LogP contribution in [-0.4, -0.2) is 44.5 Å². The van der Waals surface area contributed by atoms with E-state index in [1.807, 2.05) is 0 Å². The summed E-state index contributed by atoms with van der Waals surface area (Å²) >= 11 is 0. The molecule has 2 fully saturated rings. The molecule has 9 nitrogen and oxygen atoms in total. The Morgan fingerprint density at radius 2 is 1.50 bits per heavy atom. The fourth-order valence-electron chi connectivity index (χ4n) is 3.95. The van der Waals surface area contributed by atoms with Gasteiger partial charge in [0.1, 0.15) is 11.4 Å². The van der Waals surface area contributed by atoms with Crippen LogP contribution in [0.5, 0.6) is 0 Å². The first-order valence-corrected chi connectivity index (χ1v) is 8.02. The Labute approximate surface area is 138 Å². The third kappa shape index (κ3) is 2.15. The third-order valence-electron chi connectivity index (χ3n) is 5.15. The van der Waals surface area contributed by atoms with Crippen LogP contribution in [0.1, 0.15) is 44.9 Å². The maximum Gasteiger partial charge on any atom is 0.301 e. The number of amides is 4. The van der Waals surface area contributed by atoms with Gasteiger partial charge in [-0.05, 0) is 12.8 Å². The zero-order valence-electron chi connectivity index (χ0n) is 13.2. The number of likely N-dealkylation sites (tertiary alicyclic amines) is 1. The lowest BCUT2D eigenvalue weighted by molar-refractivity contribution is -0.171. The number of carbonyl (C=O) groups excluding carboxylic acids is 4. The molecule has 4 amide bonds. The first-order valence-electron chi connectivity index (χ1n) is 8.02. The van der Waals surface area contributed by atoms with Crippen molar-refractivity contribution in [2.24, 2.45) is 17.4 Å². The zero-order valence-corrected chi connectivity index (χ0v) is 13.2. The van der Waals surface area contributed by atoms with Crippen LogP contribution < -0.4 is 11.5 Å². The number of hydroxylamine groups is 2. The minimum absolute atomic E-state index is 0.00264. The molecule has 0 bridgehead atoms. The van der Waals surface area contributed by atoms with Crippen molar-refractivity contribution < 1.29 is 24.4 Å². The predicted molar refractivity (Wildman–Crippen MR) is 79.4 cm³/mol. The van der Waals surface area contributed by atoms with Crippen LogP contribution in [0.25, 0.3) is 0 Å². The minimum Gasteiger partial charge on any atom is -0.394 e. The number of hydrogen-bond acceptors (Lipinski definition) is 7. The maximum absolute atomic E-state index is 12.4. The highest BCUT2D eigenvalue weighted by Crippen LogP contribution is 2.42. The molecule has 1 saturated heterocycles. The van der Waals surface area contributed by atoms with Gasteiger partial charge in [0, 0.05) is 18.8 Å². The number of imide groups is 2. The minimum atomic E-state index is -1.81. The second-order valence-electron chi connectivity index (χ2n) is 6.49. The van der Waals surface area contributed by atoms with Gasteiger partial charge in [-0.1, -0.05) is 19.3 Å². The number of hydrogen-bond donors (Lipinski definition) is 3. The molecule has 1 unspecified atom stereocenters. The van der Waals surface area contributed by atoms with Crippen molar-refractivity contribution in [2.45, 2.75) is 50.6 Å². The van der Waals surface area contributed by atoms with E-state index in [0.717, 1.165) is 24.2 Å². The summed E-state index contributed by atoms with van der Waals surface area (Å²) in [5, 5.41) is 9.50. The van der Waals surface area contributed by atoms with E-state index in [-0.39, 0.29) is 23.5 Å². The number of rotatable bonds is 3. The van der Waals surface area contributed by atoms with E-state index >= 15 is 0 Å². The molecule has 3 rings (SSSR count). The van der Waals surface area contributed by atoms with E-state index < -0.39 is 40.9 Å². The van der Waals surface area contributed by atoms with E-state index in [4.69, 9.17) is 11.5 Å². The quantitative estimate of drug-likeness (QED) is 0.458. The molecule has 130 valence electrons. The standard InChI is InChI=1S/C15H20N4O5/c16-12-11(13(22)19(24)14(12)23)15(17,8-4-2-1-3-5-8)18-9(20)6-7-10(18)21/h8,24H,1-7,16-17H2. The summed E-state index contributed by atoms with van der Waals surface area (Å²) in [5.41, 5.74) is 9.56. The van der Waals surface area contributed by atoms with Crippen LogP contribution in [0.4, 0.5) is 0 Å². The highest BCUT2D eigenvalue weighted by Gasteiger charge is 2.57. The Balaban J connectivity index is 2.16. The lowest BCUT2D eigenvalue weighted by atomic mass is 9.75. The van der Waals surface area contributed by atoms with Crippen molar-refractivity contribution in [1.82, 2.24) is 9.96 Å². The van der Waals surface area contributed by atoms with Gasteiger partial charge in [-0.15, -0.1) is 5.06 Å². The van der Waals surface area contributed by atoms with E-state index in [2.05, 4.69) is 0 Å². The molecular formula is C15H20N4O5. The molecule has 0 radical (unpaired) electrons. The molecule has 0 spiro atoms. The molecule has 9 heteroatoms. The zero-order chi connectivity index (χ0) is 17.6. The van der Waals surface area contributed by atoms with Gasteiger partial charge >= 0.3 is 5.91 Å². The molecule has 2 heterocycles. The lowest BCUT2D eigenvalue weighted by Crippen LogP contribution is -2.65. The average molecular weight is 336 g/mol. The van der Waals surface area contributed by atoms with Gasteiger partial charge in [0.15, 0.2) is 0 Å². The summed E-state index contributed by atoms with van der Waals surface area (Å²) in [6.07, 6.45) is 3.85. The van der Waals surface area contributed by atoms with Crippen LogP contribution in [-0.2, 0) is 19.2 Å². The van der Waals surface area contributed by atoms with Crippen molar-refractivity contribution in [3.8, 4) is 0 Å². The Hall–Kier alpha value is -2.26. The predicted octanol–water partition coefficient (Wildman–Crippen LogP) is -0.658. The van der Waals surface area contributed by atoms with Gasteiger partial charge in [-0.3, -0.25) is 29.3 Å². The molecule has 3 aliphatic rings. The molecule has 2 aliphatic heterocycles. The highest BCUT2D eigenvalue weighted by atomic mass is 16.5. The van der Waals surface area contributed by atoms with Gasteiger partial charge in [0.2, 0.25) is 11.8 Å². The van der Waals surface area contributed by atoms with E-state index in [9.17, 15) is 24.4 Å². The summed E-state index contributed by atoms with van der Waals surface area (Å²) < 4.78 is 0. The second kappa shape index (κ2) is 5.67. The molecule has 0 aromatic heterocycles. The smallest absolute Gasteiger partial charge is 0.301 e. The monoisotopic (exact) mass is 336 g/mol. The van der Waals surface area contributed by atoms with Gasteiger partial charge in [0.05, 0.1) is 5.57 Å². The van der Waals surface area contributed by atoms with Crippen molar-refractivity contribution in [1.29, 1.82) is 0 Å². The van der Waals surface area contributed by atoms with Crippen LogP contribution in [0.3, 0.4) is 0 Å². The fraction of sp³-hybridized carbons (Fsp3) is 0.600. The highest BCUT2D eigenvalue weighted by molar-refractivity contribution is 6.19. The first kappa shape index (κ1) is 16.6. The molecule has 5 N–H and O–H groups in total. The number of nitrogens with zero attached hydrogens (tertiary/aromatic N) is 2. The molecule has 24 heavy (non-hydrogen) atoms. The van der Waals surface area contributed by atoms with Crippen molar-refractivity contribution in [3.63, 3.8) is 0 Å². The fourth-order valence-corrected chi connectivity index (χ4v) is 3.95. The van der Waals surface area contributed by atoms with Gasteiger partial charge < -0.3 is 11.5 Å². The summed E-state index contributed by atoms with van der Waals surface area (Å²) in [6, 6.07) is 0. The van der Waals surface area contributed by atoms with Crippen molar-refractivity contribution in [3.05, 3.63) is 11.3 Å². The van der Waals surface area contributed by atoms with E-state index in [0.29, 0.717) is 12.8 Å². The van der Waals surface area contributed by atoms with Gasteiger partial charge in [-0.25, -0.2) is 0 Å². The van der Waals surface area contributed by atoms with Crippen LogP contribution in [0, 0.1) is 5.92 Å². The molecule has 0 aromatic rings. The SMILES string of the molecule is NC1=C(C(N)(C2CCCCC2)N2C(=O)CCC2=O)C(=O)N(O)C1=O.